The van der Waals surface area contributed by atoms with E-state index in [9.17, 15) is 9.59 Å². The van der Waals surface area contributed by atoms with E-state index in [2.05, 4.69) is 30.5 Å². The summed E-state index contributed by atoms with van der Waals surface area (Å²) in [6.45, 7) is 0.296. The maximum absolute atomic E-state index is 12.0. The number of methoxy groups -OCH3 is 1. The van der Waals surface area contributed by atoms with E-state index in [0.717, 1.165) is 0 Å². The average molecular weight is 342 g/mol. The summed E-state index contributed by atoms with van der Waals surface area (Å²) < 4.78 is 4.92. The Bertz CT molecular complexity index is 933. The topological polar surface area (TPSA) is 126 Å². The zero-order valence-electron chi connectivity index (χ0n) is 13.7. The zero-order chi connectivity index (χ0) is 17.6. The number of nitrogens with one attached hydrogen (secondary N) is 3. The van der Waals surface area contributed by atoms with E-state index in [1.807, 2.05) is 6.07 Å². The van der Waals surface area contributed by atoms with Gasteiger partial charge in [0.05, 0.1) is 10.9 Å². The van der Waals surface area contributed by atoms with Crippen molar-refractivity contribution in [3.8, 4) is 0 Å². The number of aryl methyl sites for hydroxylation is 1. The molecule has 0 saturated heterocycles. The first-order valence-electron chi connectivity index (χ1n) is 7.83. The Balaban J connectivity index is 1.53. The highest BCUT2D eigenvalue weighted by Gasteiger charge is 2.09. The van der Waals surface area contributed by atoms with Crippen LogP contribution >= 0.6 is 0 Å². The van der Waals surface area contributed by atoms with Gasteiger partial charge in [0.25, 0.3) is 5.56 Å². The Kier molecular flexibility index (Phi) is 5.14. The second-order valence-corrected chi connectivity index (χ2v) is 5.47. The number of para-hydroxylation sites is 1. The fourth-order valence-electron chi connectivity index (χ4n) is 2.41. The normalized spacial score (nSPS) is 10.9. The molecule has 0 unspecified atom stereocenters. The lowest BCUT2D eigenvalue weighted by atomic mass is 10.2. The first-order chi connectivity index (χ1) is 12.2. The van der Waals surface area contributed by atoms with Crippen LogP contribution in [0, 0.1) is 0 Å². The summed E-state index contributed by atoms with van der Waals surface area (Å²) in [6, 6.07) is 7.15. The van der Waals surface area contributed by atoms with E-state index < -0.39 is 0 Å². The van der Waals surface area contributed by atoms with Crippen LogP contribution in [0.25, 0.3) is 10.9 Å². The van der Waals surface area contributed by atoms with Crippen LogP contribution in [-0.4, -0.2) is 38.2 Å². The van der Waals surface area contributed by atoms with Gasteiger partial charge in [0, 0.05) is 20.0 Å². The number of ether oxygens (including phenoxy) is 1. The Morgan fingerprint density at radius 2 is 2.08 bits per heavy atom. The molecule has 25 heavy (non-hydrogen) atoms. The average Bonchev–Trinajstić information content (AvgIpc) is 3.02. The van der Waals surface area contributed by atoms with Gasteiger partial charge >= 0.3 is 0 Å². The number of carbonyl (C=O) groups is 1. The summed E-state index contributed by atoms with van der Waals surface area (Å²) in [5.74, 6) is 1.12. The molecule has 0 atom stereocenters. The second-order valence-electron chi connectivity index (χ2n) is 5.47. The Morgan fingerprint density at radius 3 is 2.92 bits per heavy atom. The molecule has 0 radical (unpaired) electrons. The number of amides is 1. The lowest BCUT2D eigenvalue weighted by Crippen LogP contribution is -2.14. The van der Waals surface area contributed by atoms with Crippen LogP contribution in [0.5, 0.6) is 0 Å². The molecular formula is C16H18N6O3. The molecule has 3 N–H and O–H groups in total. The molecule has 0 aliphatic heterocycles. The number of H-pyrrole nitrogens is 2. The predicted molar refractivity (Wildman–Crippen MR) is 91.0 cm³/mol. The van der Waals surface area contributed by atoms with E-state index in [1.54, 1.807) is 25.3 Å². The largest absolute Gasteiger partial charge is 0.377 e. The van der Waals surface area contributed by atoms with E-state index in [1.165, 1.54) is 0 Å². The lowest BCUT2D eigenvalue weighted by molar-refractivity contribution is -0.116. The van der Waals surface area contributed by atoms with Crippen LogP contribution in [0.3, 0.4) is 0 Å². The number of benzene rings is 1. The summed E-state index contributed by atoms with van der Waals surface area (Å²) in [5.41, 5.74) is 0.480. The van der Waals surface area contributed by atoms with Crippen molar-refractivity contribution in [3.63, 3.8) is 0 Å². The first-order valence-corrected chi connectivity index (χ1v) is 7.83. The van der Waals surface area contributed by atoms with E-state index in [-0.39, 0.29) is 23.8 Å². The Labute approximate surface area is 142 Å². The van der Waals surface area contributed by atoms with Crippen LogP contribution in [-0.2, 0) is 22.6 Å². The highest BCUT2D eigenvalue weighted by Crippen LogP contribution is 2.08. The van der Waals surface area contributed by atoms with Gasteiger partial charge in [0.2, 0.25) is 11.9 Å². The van der Waals surface area contributed by atoms with E-state index in [0.29, 0.717) is 42.0 Å². The number of rotatable bonds is 7. The maximum atomic E-state index is 12.0. The third kappa shape index (κ3) is 4.27. The number of nitrogens with zero attached hydrogens (tertiary/aromatic N) is 3. The van der Waals surface area contributed by atoms with Gasteiger partial charge in [-0.1, -0.05) is 12.1 Å². The van der Waals surface area contributed by atoms with Crippen molar-refractivity contribution in [2.75, 3.05) is 12.4 Å². The molecule has 0 aliphatic rings. The van der Waals surface area contributed by atoms with Crippen molar-refractivity contribution < 1.29 is 9.53 Å². The third-order valence-corrected chi connectivity index (χ3v) is 3.54. The predicted octanol–water partition coefficient (Wildman–Crippen LogP) is 1.15. The molecule has 0 fully saturated rings. The van der Waals surface area contributed by atoms with Crippen molar-refractivity contribution in [2.45, 2.75) is 25.9 Å². The molecule has 130 valence electrons. The highest BCUT2D eigenvalue weighted by molar-refractivity contribution is 5.88. The third-order valence-electron chi connectivity index (χ3n) is 3.54. The minimum Gasteiger partial charge on any atom is -0.377 e. The molecule has 2 heterocycles. The van der Waals surface area contributed by atoms with E-state index in [4.69, 9.17) is 4.74 Å². The standard InChI is InChI=1S/C16H18N6O3/c1-25-9-13-19-16(22-21-13)20-14(23)8-4-7-12-17-11-6-3-2-5-10(11)15(24)18-12/h2-3,5-6H,4,7-9H2,1H3,(H,17,18,24)(H2,19,20,21,22,23). The molecule has 3 rings (SSSR count). The number of anilines is 1. The van der Waals surface area contributed by atoms with Gasteiger partial charge in [-0.25, -0.2) is 4.98 Å². The van der Waals surface area contributed by atoms with Crippen LogP contribution in [0.1, 0.15) is 24.5 Å². The zero-order valence-corrected chi connectivity index (χ0v) is 13.7. The number of fused-ring (bicyclic) bond motifs is 1. The highest BCUT2D eigenvalue weighted by atomic mass is 16.5. The first kappa shape index (κ1) is 16.8. The number of carbonyl (C=O) groups excluding carboxylic acids is 1. The van der Waals surface area contributed by atoms with Gasteiger partial charge in [-0.15, -0.1) is 5.10 Å². The van der Waals surface area contributed by atoms with Crippen LogP contribution in [0.15, 0.2) is 29.1 Å². The van der Waals surface area contributed by atoms with Crippen LogP contribution in [0.4, 0.5) is 5.95 Å². The van der Waals surface area contributed by atoms with Crippen LogP contribution < -0.4 is 10.9 Å². The molecule has 9 nitrogen and oxygen atoms in total. The molecule has 0 bridgehead atoms. The molecule has 0 aliphatic carbocycles. The number of aromatic nitrogens is 5. The summed E-state index contributed by atoms with van der Waals surface area (Å²) in [5, 5.41) is 9.71. The molecule has 1 amide bonds. The van der Waals surface area contributed by atoms with Crippen molar-refractivity contribution in [1.29, 1.82) is 0 Å². The molecule has 1 aromatic carbocycles. The Hall–Kier alpha value is -3.07. The maximum Gasteiger partial charge on any atom is 0.258 e. The number of hydrogen-bond acceptors (Lipinski definition) is 6. The molecule has 9 heteroatoms. The van der Waals surface area contributed by atoms with Gasteiger partial charge in [0.1, 0.15) is 12.4 Å². The number of aromatic amines is 2. The van der Waals surface area contributed by atoms with Gasteiger partial charge in [-0.2, -0.15) is 4.98 Å². The van der Waals surface area contributed by atoms with Crippen LogP contribution in [0.2, 0.25) is 0 Å². The molecule has 0 spiro atoms. The smallest absolute Gasteiger partial charge is 0.258 e. The molecule has 2 aromatic heterocycles. The summed E-state index contributed by atoms with van der Waals surface area (Å²) in [7, 11) is 1.55. The quantitative estimate of drug-likeness (QED) is 0.591. The number of hydrogen-bond donors (Lipinski definition) is 3. The fourth-order valence-corrected chi connectivity index (χ4v) is 2.41. The van der Waals surface area contributed by atoms with E-state index >= 15 is 0 Å². The molecular weight excluding hydrogens is 324 g/mol. The lowest BCUT2D eigenvalue weighted by Gasteiger charge is -2.03. The second kappa shape index (κ2) is 7.67. The van der Waals surface area contributed by atoms with Gasteiger partial charge in [-0.05, 0) is 18.6 Å². The summed E-state index contributed by atoms with van der Waals surface area (Å²) >= 11 is 0. The minimum absolute atomic E-state index is 0.170. The minimum atomic E-state index is -0.203. The van der Waals surface area contributed by atoms with Gasteiger partial charge in [-0.3, -0.25) is 20.0 Å². The van der Waals surface area contributed by atoms with Gasteiger partial charge in [0.15, 0.2) is 5.82 Å². The van der Waals surface area contributed by atoms with Gasteiger partial charge < -0.3 is 9.72 Å². The molecule has 0 saturated carbocycles. The van der Waals surface area contributed by atoms with Crippen molar-refractivity contribution in [3.05, 3.63) is 46.3 Å². The van der Waals surface area contributed by atoms with Crippen molar-refractivity contribution in [2.24, 2.45) is 0 Å². The summed E-state index contributed by atoms with van der Waals surface area (Å²) in [6.07, 6.45) is 1.31. The molecule has 3 aromatic rings. The fraction of sp³-hybridized carbons (Fsp3) is 0.312. The summed E-state index contributed by atoms with van der Waals surface area (Å²) in [4.78, 5) is 35.1. The van der Waals surface area contributed by atoms with Crippen molar-refractivity contribution >= 4 is 22.8 Å². The van der Waals surface area contributed by atoms with Crippen molar-refractivity contribution in [1.82, 2.24) is 25.1 Å². The Morgan fingerprint density at radius 1 is 1.24 bits per heavy atom. The SMILES string of the molecule is COCc1nc(NC(=O)CCCc2nc3ccccc3c(=O)[nH]2)n[nH]1. The monoisotopic (exact) mass is 342 g/mol.